The Morgan fingerprint density at radius 3 is 1.93 bits per heavy atom. The molecule has 15 heavy (non-hydrogen) atoms. The van der Waals surface area contributed by atoms with Gasteiger partial charge >= 0.3 is 11.9 Å². The van der Waals surface area contributed by atoms with Gasteiger partial charge in [-0.2, -0.15) is 0 Å². The predicted molar refractivity (Wildman–Crippen MR) is 56.7 cm³/mol. The highest BCUT2D eigenvalue weighted by Gasteiger charge is 2.40. The second-order valence-corrected chi connectivity index (χ2v) is 4.58. The Morgan fingerprint density at radius 1 is 1.13 bits per heavy atom. The van der Waals surface area contributed by atoms with E-state index in [4.69, 9.17) is 10.2 Å². The van der Waals surface area contributed by atoms with E-state index in [9.17, 15) is 9.59 Å². The summed E-state index contributed by atoms with van der Waals surface area (Å²) in [6.07, 6.45) is 2.74. The van der Waals surface area contributed by atoms with Gasteiger partial charge in [-0.25, -0.2) is 0 Å². The lowest BCUT2D eigenvalue weighted by molar-refractivity contribution is -0.163. The van der Waals surface area contributed by atoms with Gasteiger partial charge in [-0.05, 0) is 19.3 Å². The summed E-state index contributed by atoms with van der Waals surface area (Å²) in [6.45, 7) is 5.45. The van der Waals surface area contributed by atoms with Crippen LogP contribution in [-0.2, 0) is 9.59 Å². The predicted octanol–water partition coefficient (Wildman–Crippen LogP) is 2.38. The minimum atomic E-state index is -1.63. The molecule has 0 aliphatic rings. The van der Waals surface area contributed by atoms with Gasteiger partial charge < -0.3 is 10.2 Å². The molecule has 0 fully saturated rings. The van der Waals surface area contributed by atoms with Crippen molar-refractivity contribution in [2.45, 2.75) is 46.5 Å². The van der Waals surface area contributed by atoms with Crippen molar-refractivity contribution in [3.8, 4) is 0 Å². The zero-order chi connectivity index (χ0) is 12.1. The topological polar surface area (TPSA) is 74.6 Å². The van der Waals surface area contributed by atoms with Gasteiger partial charge in [0.25, 0.3) is 0 Å². The molecule has 0 aliphatic carbocycles. The molecule has 0 aromatic carbocycles. The van der Waals surface area contributed by atoms with Gasteiger partial charge in [0.15, 0.2) is 5.41 Å². The van der Waals surface area contributed by atoms with Crippen LogP contribution in [-0.4, -0.2) is 22.2 Å². The number of aliphatic carboxylic acids is 2. The first-order valence-electron chi connectivity index (χ1n) is 5.27. The summed E-state index contributed by atoms with van der Waals surface area (Å²) in [7, 11) is 0. The van der Waals surface area contributed by atoms with Crippen molar-refractivity contribution in [3.05, 3.63) is 0 Å². The average Bonchev–Trinajstić information content (AvgIpc) is 2.10. The first kappa shape index (κ1) is 13.9. The minimum absolute atomic E-state index is 0.199. The van der Waals surface area contributed by atoms with Crippen molar-refractivity contribution in [3.63, 3.8) is 0 Å². The third kappa shape index (κ3) is 4.32. The summed E-state index contributed by atoms with van der Waals surface area (Å²) in [6, 6.07) is 0. The zero-order valence-electron chi connectivity index (χ0n) is 9.62. The molecule has 0 aromatic heterocycles. The van der Waals surface area contributed by atoms with Crippen LogP contribution in [0.3, 0.4) is 0 Å². The molecule has 4 nitrogen and oxygen atoms in total. The molecule has 0 heterocycles. The maximum Gasteiger partial charge on any atom is 0.320 e. The lowest BCUT2D eigenvalue weighted by Gasteiger charge is -2.19. The summed E-state index contributed by atoms with van der Waals surface area (Å²) >= 11 is 0. The van der Waals surface area contributed by atoms with Crippen LogP contribution in [0.5, 0.6) is 0 Å². The number of hydrogen-bond donors (Lipinski definition) is 2. The van der Waals surface area contributed by atoms with Crippen LogP contribution in [0.1, 0.15) is 46.5 Å². The number of unbranched alkanes of at least 4 members (excludes halogenated alkanes) is 1. The van der Waals surface area contributed by atoms with Crippen molar-refractivity contribution < 1.29 is 19.8 Å². The fourth-order valence-corrected chi connectivity index (χ4v) is 1.34. The molecule has 0 aromatic rings. The summed E-state index contributed by atoms with van der Waals surface area (Å²) < 4.78 is 0. The van der Waals surface area contributed by atoms with Crippen LogP contribution >= 0.6 is 0 Å². The number of rotatable bonds is 7. The van der Waals surface area contributed by atoms with Crippen LogP contribution in [0.15, 0.2) is 0 Å². The second-order valence-electron chi connectivity index (χ2n) is 4.58. The molecule has 2 N–H and O–H groups in total. The van der Waals surface area contributed by atoms with Crippen molar-refractivity contribution in [1.29, 1.82) is 0 Å². The van der Waals surface area contributed by atoms with Crippen molar-refractivity contribution in [2.75, 3.05) is 0 Å². The SMILES string of the molecule is CC(C)CCCCC(C)(C(=O)O)C(=O)O. The molecule has 0 bridgehead atoms. The van der Waals surface area contributed by atoms with Gasteiger partial charge in [-0.1, -0.05) is 33.1 Å². The maximum absolute atomic E-state index is 10.8. The quantitative estimate of drug-likeness (QED) is 0.506. The van der Waals surface area contributed by atoms with Crippen LogP contribution in [0.25, 0.3) is 0 Å². The van der Waals surface area contributed by atoms with E-state index in [0.717, 1.165) is 12.8 Å². The molecule has 0 aliphatic heterocycles. The van der Waals surface area contributed by atoms with Gasteiger partial charge in [0, 0.05) is 0 Å². The largest absolute Gasteiger partial charge is 0.480 e. The van der Waals surface area contributed by atoms with Crippen molar-refractivity contribution in [1.82, 2.24) is 0 Å². The van der Waals surface area contributed by atoms with E-state index in [1.54, 1.807) is 0 Å². The summed E-state index contributed by atoms with van der Waals surface area (Å²) in [5.41, 5.74) is -1.63. The van der Waals surface area contributed by atoms with E-state index < -0.39 is 17.4 Å². The molecule has 0 saturated heterocycles. The molecule has 0 radical (unpaired) electrons. The number of carboxylic acid groups (broad SMARTS) is 2. The minimum Gasteiger partial charge on any atom is -0.480 e. The summed E-state index contributed by atoms with van der Waals surface area (Å²) in [5, 5.41) is 17.7. The smallest absolute Gasteiger partial charge is 0.320 e. The van der Waals surface area contributed by atoms with Gasteiger partial charge in [-0.3, -0.25) is 9.59 Å². The zero-order valence-corrected chi connectivity index (χ0v) is 9.62. The molecule has 0 rings (SSSR count). The molecule has 0 spiro atoms. The molecular formula is C11H20O4. The Balaban J connectivity index is 4.10. The Kier molecular flexibility index (Phi) is 5.33. The lowest BCUT2D eigenvalue weighted by Crippen LogP contribution is -2.36. The van der Waals surface area contributed by atoms with E-state index in [2.05, 4.69) is 13.8 Å². The number of hydrogen-bond acceptors (Lipinski definition) is 2. The normalized spacial score (nSPS) is 11.7. The molecule has 0 unspecified atom stereocenters. The Hall–Kier alpha value is -1.06. The van der Waals surface area contributed by atoms with Crippen LogP contribution in [0.2, 0.25) is 0 Å². The second kappa shape index (κ2) is 5.73. The maximum atomic E-state index is 10.8. The van der Waals surface area contributed by atoms with Crippen LogP contribution < -0.4 is 0 Å². The molecule has 0 saturated carbocycles. The standard InChI is InChI=1S/C11H20O4/c1-8(2)6-4-5-7-11(3,9(12)13)10(14)15/h8H,4-7H2,1-3H3,(H,12,13)(H,14,15). The van der Waals surface area contributed by atoms with Crippen molar-refractivity contribution >= 4 is 11.9 Å². The number of carbonyl (C=O) groups is 2. The highest BCUT2D eigenvalue weighted by molar-refractivity contribution is 5.97. The van der Waals surface area contributed by atoms with Gasteiger partial charge in [0.05, 0.1) is 0 Å². The van der Waals surface area contributed by atoms with E-state index in [0.29, 0.717) is 12.3 Å². The molecule has 0 amide bonds. The third-order valence-electron chi connectivity index (χ3n) is 2.65. The van der Waals surface area contributed by atoms with Crippen LogP contribution in [0, 0.1) is 11.3 Å². The molecule has 88 valence electrons. The van der Waals surface area contributed by atoms with Crippen molar-refractivity contribution in [2.24, 2.45) is 11.3 Å². The molecule has 0 atom stereocenters. The van der Waals surface area contributed by atoms with Gasteiger partial charge in [0.1, 0.15) is 0 Å². The van der Waals surface area contributed by atoms with Gasteiger partial charge in [-0.15, -0.1) is 0 Å². The van der Waals surface area contributed by atoms with Gasteiger partial charge in [0.2, 0.25) is 0 Å². The first-order chi connectivity index (χ1) is 6.80. The third-order valence-corrected chi connectivity index (χ3v) is 2.65. The van der Waals surface area contributed by atoms with E-state index in [-0.39, 0.29) is 6.42 Å². The fraction of sp³-hybridized carbons (Fsp3) is 0.818. The highest BCUT2D eigenvalue weighted by atomic mass is 16.4. The van der Waals surface area contributed by atoms with Crippen LogP contribution in [0.4, 0.5) is 0 Å². The monoisotopic (exact) mass is 216 g/mol. The lowest BCUT2D eigenvalue weighted by atomic mass is 9.84. The Labute approximate surface area is 90.3 Å². The molecule has 4 heteroatoms. The first-order valence-corrected chi connectivity index (χ1v) is 5.27. The van der Waals surface area contributed by atoms with E-state index >= 15 is 0 Å². The summed E-state index contributed by atoms with van der Waals surface area (Å²) in [5.74, 6) is -1.93. The van der Waals surface area contributed by atoms with E-state index in [1.165, 1.54) is 6.92 Å². The molecular weight excluding hydrogens is 196 g/mol. The highest BCUT2D eigenvalue weighted by Crippen LogP contribution is 2.25. The average molecular weight is 216 g/mol. The Bertz CT molecular complexity index is 219. The fourth-order valence-electron chi connectivity index (χ4n) is 1.34. The Morgan fingerprint density at radius 2 is 1.60 bits per heavy atom. The van der Waals surface area contributed by atoms with E-state index in [1.807, 2.05) is 0 Å². The number of carboxylic acids is 2. The summed E-state index contributed by atoms with van der Waals surface area (Å²) in [4.78, 5) is 21.6.